The third kappa shape index (κ3) is 2.50. The molecule has 1 heterocycles. The topological polar surface area (TPSA) is 15.8 Å². The molecule has 3 aromatic carbocycles. The highest BCUT2D eigenvalue weighted by atomic mass is 14.7. The molecule has 0 saturated heterocycles. The lowest BCUT2D eigenvalue weighted by Crippen LogP contribution is -1.80. The van der Waals surface area contributed by atoms with Crippen LogP contribution in [-0.4, -0.2) is 4.98 Å². The first kappa shape index (κ1) is 16.3. The van der Waals surface area contributed by atoms with Crippen LogP contribution in [0.1, 0.15) is 38.8 Å². The summed E-state index contributed by atoms with van der Waals surface area (Å²) < 4.78 is 0. The van der Waals surface area contributed by atoms with E-state index < -0.39 is 0 Å². The third-order valence-corrected chi connectivity index (χ3v) is 4.42. The molecule has 0 aliphatic heterocycles. The number of rotatable bonds is 0. The van der Waals surface area contributed by atoms with E-state index in [-0.39, 0.29) is 0 Å². The minimum absolute atomic E-state index is 1.06. The molecule has 0 amide bonds. The lowest BCUT2D eigenvalue weighted by atomic mass is 10.0. The van der Waals surface area contributed by atoms with Gasteiger partial charge in [-0.1, -0.05) is 70.2 Å². The van der Waals surface area contributed by atoms with Crippen LogP contribution < -0.4 is 0 Å². The van der Waals surface area contributed by atoms with Crippen LogP contribution in [0.15, 0.2) is 60.7 Å². The maximum Gasteiger partial charge on any atom is 0.0471 e. The van der Waals surface area contributed by atoms with Gasteiger partial charge in [-0.15, -0.1) is 0 Å². The first-order valence-corrected chi connectivity index (χ1v) is 9.02. The van der Waals surface area contributed by atoms with Gasteiger partial charge in [0, 0.05) is 21.8 Å². The van der Waals surface area contributed by atoms with Gasteiger partial charge in [0.25, 0.3) is 0 Å². The van der Waals surface area contributed by atoms with Crippen molar-refractivity contribution in [3.05, 3.63) is 71.8 Å². The molecule has 1 heteroatoms. The van der Waals surface area contributed by atoms with Crippen molar-refractivity contribution in [1.82, 2.24) is 4.98 Å². The zero-order valence-corrected chi connectivity index (χ0v) is 15.0. The Labute approximate surface area is 144 Å². The number of fused-ring (bicyclic) bond motifs is 6. The summed E-state index contributed by atoms with van der Waals surface area (Å²) in [5.74, 6) is 0. The smallest absolute Gasteiger partial charge is 0.0471 e. The Kier molecular flexibility index (Phi) is 4.71. The second-order valence-electron chi connectivity index (χ2n) is 5.56. The SMILES string of the molecule is CC.CC.c1ccc2c(c1)Cc1cc3c(cc1-2)[nH]c1ccccc13. The maximum absolute atomic E-state index is 3.54. The molecule has 0 fully saturated rings. The zero-order valence-electron chi connectivity index (χ0n) is 15.0. The first-order chi connectivity index (χ1) is 11.9. The van der Waals surface area contributed by atoms with E-state index in [1.54, 1.807) is 0 Å². The number of benzene rings is 3. The second-order valence-corrected chi connectivity index (χ2v) is 5.56. The average molecular weight is 315 g/mol. The van der Waals surface area contributed by atoms with Gasteiger partial charge in [-0.3, -0.25) is 0 Å². The Hall–Kier alpha value is -2.54. The lowest BCUT2D eigenvalue weighted by molar-refractivity contribution is 1.27. The Morgan fingerprint density at radius 1 is 0.625 bits per heavy atom. The molecule has 4 aromatic rings. The van der Waals surface area contributed by atoms with Crippen molar-refractivity contribution >= 4 is 21.8 Å². The van der Waals surface area contributed by atoms with Crippen LogP contribution in [-0.2, 0) is 6.42 Å². The largest absolute Gasteiger partial charge is 0.354 e. The number of H-pyrrole nitrogens is 1. The van der Waals surface area contributed by atoms with Crippen LogP contribution in [0.4, 0.5) is 0 Å². The third-order valence-electron chi connectivity index (χ3n) is 4.42. The highest BCUT2D eigenvalue weighted by molar-refractivity contribution is 6.09. The quantitative estimate of drug-likeness (QED) is 0.318. The van der Waals surface area contributed by atoms with Crippen molar-refractivity contribution in [2.24, 2.45) is 0 Å². The molecule has 0 spiro atoms. The summed E-state index contributed by atoms with van der Waals surface area (Å²) in [5.41, 5.74) is 8.13. The van der Waals surface area contributed by atoms with Gasteiger partial charge in [0.2, 0.25) is 0 Å². The molecule has 0 radical (unpaired) electrons. The van der Waals surface area contributed by atoms with Crippen LogP contribution in [0.3, 0.4) is 0 Å². The lowest BCUT2D eigenvalue weighted by Gasteiger charge is -2.01. The molecule has 1 nitrogen and oxygen atoms in total. The molecule has 1 aliphatic rings. The van der Waals surface area contributed by atoms with E-state index in [9.17, 15) is 0 Å². The summed E-state index contributed by atoms with van der Waals surface area (Å²) in [6.07, 6.45) is 1.06. The Morgan fingerprint density at radius 2 is 1.33 bits per heavy atom. The maximum atomic E-state index is 3.54. The van der Waals surface area contributed by atoms with Crippen LogP contribution in [0.25, 0.3) is 32.9 Å². The second kappa shape index (κ2) is 6.92. The number of aromatic nitrogens is 1. The summed E-state index contributed by atoms with van der Waals surface area (Å²) in [7, 11) is 0. The highest BCUT2D eigenvalue weighted by Crippen LogP contribution is 2.40. The first-order valence-electron chi connectivity index (χ1n) is 9.02. The van der Waals surface area contributed by atoms with Gasteiger partial charge in [0.15, 0.2) is 0 Å². The number of hydrogen-bond donors (Lipinski definition) is 1. The molecule has 1 aromatic heterocycles. The summed E-state index contributed by atoms with van der Waals surface area (Å²) in [4.78, 5) is 3.54. The van der Waals surface area contributed by atoms with E-state index in [1.165, 1.54) is 44.1 Å². The Morgan fingerprint density at radius 3 is 2.17 bits per heavy atom. The standard InChI is InChI=1S/C19H13N.2C2H6/c1-2-6-14-12(5-1)9-13-10-17-15-7-3-4-8-18(15)20-19(17)11-16(13)14;2*1-2/h1-8,10-11,20H,9H2;2*1-2H3. The number of hydrogen-bond acceptors (Lipinski definition) is 0. The number of aromatic amines is 1. The van der Waals surface area contributed by atoms with E-state index in [0.29, 0.717) is 0 Å². The fourth-order valence-corrected chi connectivity index (χ4v) is 3.48. The minimum Gasteiger partial charge on any atom is -0.354 e. The van der Waals surface area contributed by atoms with E-state index >= 15 is 0 Å². The van der Waals surface area contributed by atoms with Gasteiger partial charge in [-0.05, 0) is 46.9 Å². The fourth-order valence-electron chi connectivity index (χ4n) is 3.48. The predicted molar refractivity (Wildman–Crippen MR) is 107 cm³/mol. The van der Waals surface area contributed by atoms with Crippen LogP contribution >= 0.6 is 0 Å². The van der Waals surface area contributed by atoms with Gasteiger partial charge in [-0.25, -0.2) is 0 Å². The zero-order chi connectivity index (χ0) is 17.1. The normalized spacial score (nSPS) is 11.2. The van der Waals surface area contributed by atoms with E-state index in [1.807, 2.05) is 27.7 Å². The van der Waals surface area contributed by atoms with Gasteiger partial charge >= 0.3 is 0 Å². The molecule has 5 rings (SSSR count). The fraction of sp³-hybridized carbons (Fsp3) is 0.217. The van der Waals surface area contributed by atoms with Gasteiger partial charge in [0.1, 0.15) is 0 Å². The Balaban J connectivity index is 0.000000396. The Bertz CT molecular complexity index is 976. The molecule has 0 saturated carbocycles. The van der Waals surface area contributed by atoms with E-state index in [2.05, 4.69) is 65.6 Å². The highest BCUT2D eigenvalue weighted by Gasteiger charge is 2.19. The van der Waals surface area contributed by atoms with Crippen molar-refractivity contribution in [2.45, 2.75) is 34.1 Å². The molecule has 1 aliphatic carbocycles. The molecule has 122 valence electrons. The summed E-state index contributed by atoms with van der Waals surface area (Å²) in [6, 6.07) is 21.9. The van der Waals surface area contributed by atoms with Gasteiger partial charge in [-0.2, -0.15) is 0 Å². The van der Waals surface area contributed by atoms with E-state index in [4.69, 9.17) is 0 Å². The van der Waals surface area contributed by atoms with Crippen molar-refractivity contribution in [3.8, 4) is 11.1 Å². The number of para-hydroxylation sites is 1. The van der Waals surface area contributed by atoms with Gasteiger partial charge in [0.05, 0.1) is 0 Å². The molecular weight excluding hydrogens is 290 g/mol. The molecule has 0 unspecified atom stereocenters. The summed E-state index contributed by atoms with van der Waals surface area (Å²) in [5, 5.41) is 2.66. The molecule has 24 heavy (non-hydrogen) atoms. The average Bonchev–Trinajstić information content (AvgIpc) is 3.20. The molecule has 0 atom stereocenters. The van der Waals surface area contributed by atoms with Crippen LogP contribution in [0, 0.1) is 0 Å². The van der Waals surface area contributed by atoms with Crippen molar-refractivity contribution in [1.29, 1.82) is 0 Å². The van der Waals surface area contributed by atoms with Crippen molar-refractivity contribution in [3.63, 3.8) is 0 Å². The minimum atomic E-state index is 1.06. The van der Waals surface area contributed by atoms with Crippen molar-refractivity contribution in [2.75, 3.05) is 0 Å². The van der Waals surface area contributed by atoms with Crippen molar-refractivity contribution < 1.29 is 0 Å². The van der Waals surface area contributed by atoms with E-state index in [0.717, 1.165) is 6.42 Å². The molecule has 0 bridgehead atoms. The predicted octanol–water partition coefficient (Wildman–Crippen LogP) is 6.94. The van der Waals surface area contributed by atoms with Crippen LogP contribution in [0.2, 0.25) is 0 Å². The monoisotopic (exact) mass is 315 g/mol. The summed E-state index contributed by atoms with van der Waals surface area (Å²) in [6.45, 7) is 8.00. The molecule has 1 N–H and O–H groups in total. The number of nitrogens with one attached hydrogen (secondary N) is 1. The molecular formula is C23H25N. The van der Waals surface area contributed by atoms with Gasteiger partial charge < -0.3 is 4.98 Å². The van der Waals surface area contributed by atoms with Crippen LogP contribution in [0.5, 0.6) is 0 Å². The summed E-state index contributed by atoms with van der Waals surface area (Å²) >= 11 is 0.